The van der Waals surface area contributed by atoms with Crippen molar-refractivity contribution in [3.8, 4) is 5.75 Å². The first-order chi connectivity index (χ1) is 8.50. The summed E-state index contributed by atoms with van der Waals surface area (Å²) in [4.78, 5) is 2.52. The summed E-state index contributed by atoms with van der Waals surface area (Å²) < 4.78 is 0. The predicted molar refractivity (Wildman–Crippen MR) is 74.7 cm³/mol. The molecule has 0 aliphatic carbocycles. The molecule has 1 atom stereocenters. The van der Waals surface area contributed by atoms with E-state index in [-0.39, 0.29) is 5.54 Å². The summed E-state index contributed by atoms with van der Waals surface area (Å²) in [6, 6.07) is 8.17. The van der Waals surface area contributed by atoms with Gasteiger partial charge in [0, 0.05) is 31.2 Å². The Morgan fingerprint density at radius 2 is 2.22 bits per heavy atom. The Morgan fingerprint density at radius 3 is 2.89 bits per heavy atom. The minimum Gasteiger partial charge on any atom is -0.508 e. The van der Waals surface area contributed by atoms with E-state index in [1.165, 1.54) is 5.56 Å². The molecule has 1 heterocycles. The van der Waals surface area contributed by atoms with Gasteiger partial charge in [0.05, 0.1) is 0 Å². The van der Waals surface area contributed by atoms with E-state index < -0.39 is 0 Å². The highest BCUT2D eigenvalue weighted by molar-refractivity contribution is 5.27. The first-order valence-electron chi connectivity index (χ1n) is 6.77. The predicted octanol–water partition coefficient (Wildman–Crippen LogP) is 2.35. The Morgan fingerprint density at radius 1 is 1.44 bits per heavy atom. The Kier molecular flexibility index (Phi) is 3.93. The van der Waals surface area contributed by atoms with Gasteiger partial charge in [-0.2, -0.15) is 0 Å². The summed E-state index contributed by atoms with van der Waals surface area (Å²) in [7, 11) is 0. The SMILES string of the molecule is CCC1CNC(C)(C)CN1Cc1cccc(O)c1. The zero-order valence-electron chi connectivity index (χ0n) is 11.6. The molecule has 3 nitrogen and oxygen atoms in total. The maximum atomic E-state index is 9.54. The number of phenolic OH excluding ortho intramolecular Hbond substituents is 1. The van der Waals surface area contributed by atoms with Crippen LogP contribution in [0.3, 0.4) is 0 Å². The Balaban J connectivity index is 2.09. The lowest BCUT2D eigenvalue weighted by atomic mass is 9.97. The molecule has 100 valence electrons. The molecule has 0 aromatic heterocycles. The van der Waals surface area contributed by atoms with Crippen LogP contribution >= 0.6 is 0 Å². The van der Waals surface area contributed by atoms with E-state index in [0.29, 0.717) is 11.8 Å². The lowest BCUT2D eigenvalue weighted by Gasteiger charge is -2.44. The first kappa shape index (κ1) is 13.4. The lowest BCUT2D eigenvalue weighted by molar-refractivity contribution is 0.0858. The second-order valence-corrected chi connectivity index (χ2v) is 5.90. The number of aromatic hydroxyl groups is 1. The molecule has 3 heteroatoms. The fourth-order valence-electron chi connectivity index (χ4n) is 2.69. The average molecular weight is 248 g/mol. The van der Waals surface area contributed by atoms with Crippen molar-refractivity contribution in [2.75, 3.05) is 13.1 Å². The van der Waals surface area contributed by atoms with E-state index in [4.69, 9.17) is 0 Å². The van der Waals surface area contributed by atoms with Crippen LogP contribution in [-0.4, -0.2) is 34.7 Å². The summed E-state index contributed by atoms with van der Waals surface area (Å²) >= 11 is 0. The summed E-state index contributed by atoms with van der Waals surface area (Å²) in [5.74, 6) is 0.356. The van der Waals surface area contributed by atoms with Crippen molar-refractivity contribution < 1.29 is 5.11 Å². The average Bonchev–Trinajstić information content (AvgIpc) is 2.28. The van der Waals surface area contributed by atoms with Crippen molar-refractivity contribution in [1.82, 2.24) is 10.2 Å². The monoisotopic (exact) mass is 248 g/mol. The van der Waals surface area contributed by atoms with Crippen molar-refractivity contribution in [3.63, 3.8) is 0 Å². The highest BCUT2D eigenvalue weighted by atomic mass is 16.3. The number of hydrogen-bond donors (Lipinski definition) is 2. The molecule has 0 radical (unpaired) electrons. The van der Waals surface area contributed by atoms with E-state index in [9.17, 15) is 5.11 Å². The van der Waals surface area contributed by atoms with Crippen molar-refractivity contribution in [2.45, 2.75) is 45.3 Å². The standard InChI is InChI=1S/C15H24N2O/c1-4-13-9-16-15(2,3)11-17(13)10-12-6-5-7-14(18)8-12/h5-8,13,16,18H,4,9-11H2,1-3H3. The van der Waals surface area contributed by atoms with Crippen molar-refractivity contribution >= 4 is 0 Å². The van der Waals surface area contributed by atoms with Gasteiger partial charge in [0.15, 0.2) is 0 Å². The second-order valence-electron chi connectivity index (χ2n) is 5.90. The number of nitrogens with zero attached hydrogens (tertiary/aromatic N) is 1. The van der Waals surface area contributed by atoms with Crippen molar-refractivity contribution in [1.29, 1.82) is 0 Å². The molecule has 1 aliphatic heterocycles. The molecule has 0 bridgehead atoms. The van der Waals surface area contributed by atoms with Crippen LogP contribution in [0.25, 0.3) is 0 Å². The molecule has 18 heavy (non-hydrogen) atoms. The van der Waals surface area contributed by atoms with Gasteiger partial charge in [0.1, 0.15) is 5.75 Å². The normalized spacial score (nSPS) is 24.1. The quantitative estimate of drug-likeness (QED) is 0.862. The summed E-state index contributed by atoms with van der Waals surface area (Å²) in [6.07, 6.45) is 1.15. The van der Waals surface area contributed by atoms with Gasteiger partial charge < -0.3 is 10.4 Å². The van der Waals surface area contributed by atoms with Gasteiger partial charge in [-0.05, 0) is 38.0 Å². The minimum absolute atomic E-state index is 0.169. The molecule has 1 unspecified atom stereocenters. The number of benzene rings is 1. The van der Waals surface area contributed by atoms with E-state index >= 15 is 0 Å². The molecule has 1 aliphatic rings. The second kappa shape index (κ2) is 5.29. The number of rotatable bonds is 3. The third kappa shape index (κ3) is 3.24. The molecule has 0 saturated carbocycles. The molecule has 2 N–H and O–H groups in total. The highest BCUT2D eigenvalue weighted by Crippen LogP contribution is 2.21. The van der Waals surface area contributed by atoms with Gasteiger partial charge in [-0.3, -0.25) is 4.90 Å². The van der Waals surface area contributed by atoms with Crippen LogP contribution < -0.4 is 5.32 Å². The van der Waals surface area contributed by atoms with Crippen LogP contribution in [-0.2, 0) is 6.54 Å². The first-order valence-corrected chi connectivity index (χ1v) is 6.77. The van der Waals surface area contributed by atoms with Gasteiger partial charge >= 0.3 is 0 Å². The number of phenols is 1. The Labute approximate surface area is 110 Å². The van der Waals surface area contributed by atoms with E-state index in [1.54, 1.807) is 6.07 Å². The third-order valence-electron chi connectivity index (χ3n) is 3.70. The highest BCUT2D eigenvalue weighted by Gasteiger charge is 2.31. The number of piperazine rings is 1. The molecule has 0 spiro atoms. The maximum absolute atomic E-state index is 9.54. The van der Waals surface area contributed by atoms with Crippen molar-refractivity contribution in [2.24, 2.45) is 0 Å². The maximum Gasteiger partial charge on any atom is 0.115 e. The Bertz CT molecular complexity index is 403. The lowest BCUT2D eigenvalue weighted by Crippen LogP contribution is -2.60. The topological polar surface area (TPSA) is 35.5 Å². The van der Waals surface area contributed by atoms with Crippen molar-refractivity contribution in [3.05, 3.63) is 29.8 Å². The zero-order valence-corrected chi connectivity index (χ0v) is 11.6. The fraction of sp³-hybridized carbons (Fsp3) is 0.600. The molecule has 1 aromatic rings. The summed E-state index contributed by atoms with van der Waals surface area (Å²) in [6.45, 7) is 9.73. The molecule has 0 amide bonds. The summed E-state index contributed by atoms with van der Waals surface area (Å²) in [5, 5.41) is 13.1. The molecule has 1 aromatic carbocycles. The Hall–Kier alpha value is -1.06. The van der Waals surface area contributed by atoms with Gasteiger partial charge in [-0.15, -0.1) is 0 Å². The van der Waals surface area contributed by atoms with Crippen LogP contribution in [0.1, 0.15) is 32.8 Å². The van der Waals surface area contributed by atoms with Crippen LogP contribution in [0.15, 0.2) is 24.3 Å². The molecular weight excluding hydrogens is 224 g/mol. The third-order valence-corrected chi connectivity index (χ3v) is 3.70. The minimum atomic E-state index is 0.169. The van der Waals surface area contributed by atoms with E-state index in [0.717, 1.165) is 26.1 Å². The van der Waals surface area contributed by atoms with Gasteiger partial charge in [-0.1, -0.05) is 19.1 Å². The largest absolute Gasteiger partial charge is 0.508 e. The molecule has 1 fully saturated rings. The van der Waals surface area contributed by atoms with Gasteiger partial charge in [0.2, 0.25) is 0 Å². The fourth-order valence-corrected chi connectivity index (χ4v) is 2.69. The number of nitrogens with one attached hydrogen (secondary N) is 1. The molecule has 2 rings (SSSR count). The molecular formula is C15H24N2O. The zero-order chi connectivity index (χ0) is 13.2. The van der Waals surface area contributed by atoms with Gasteiger partial charge in [0.25, 0.3) is 0 Å². The van der Waals surface area contributed by atoms with Crippen LogP contribution in [0.5, 0.6) is 5.75 Å². The smallest absolute Gasteiger partial charge is 0.115 e. The van der Waals surface area contributed by atoms with E-state index in [1.807, 2.05) is 12.1 Å². The summed E-state index contributed by atoms with van der Waals surface area (Å²) in [5.41, 5.74) is 1.36. The molecule has 1 saturated heterocycles. The van der Waals surface area contributed by atoms with Crippen LogP contribution in [0.2, 0.25) is 0 Å². The van der Waals surface area contributed by atoms with Gasteiger partial charge in [-0.25, -0.2) is 0 Å². The van der Waals surface area contributed by atoms with Crippen LogP contribution in [0, 0.1) is 0 Å². The van der Waals surface area contributed by atoms with E-state index in [2.05, 4.69) is 37.1 Å². The number of hydrogen-bond acceptors (Lipinski definition) is 3. The van der Waals surface area contributed by atoms with Crippen LogP contribution in [0.4, 0.5) is 0 Å².